The lowest BCUT2D eigenvalue weighted by atomic mass is 9.86. The fraction of sp³-hybridized carbons (Fsp3) is 0.294. The molecule has 0 fully saturated rings. The molecule has 1 aliphatic heterocycles. The second-order valence-electron chi connectivity index (χ2n) is 5.20. The highest BCUT2D eigenvalue weighted by Crippen LogP contribution is 2.28. The number of nitrogens with one attached hydrogen (secondary N) is 1. The molecule has 20 heavy (non-hydrogen) atoms. The Balaban J connectivity index is 1.84. The van der Waals surface area contributed by atoms with E-state index in [-0.39, 0.29) is 5.82 Å². The summed E-state index contributed by atoms with van der Waals surface area (Å²) in [6.07, 6.45) is 0.838. The predicted molar refractivity (Wildman–Crippen MR) is 77.5 cm³/mol. The average molecular weight is 271 g/mol. The zero-order valence-electron chi connectivity index (χ0n) is 11.5. The molecule has 0 spiro atoms. The molecule has 2 nitrogen and oxygen atoms in total. The molecule has 1 N–H and O–H groups in total. The van der Waals surface area contributed by atoms with Crippen molar-refractivity contribution in [3.8, 4) is 5.75 Å². The van der Waals surface area contributed by atoms with Crippen molar-refractivity contribution in [3.63, 3.8) is 0 Å². The van der Waals surface area contributed by atoms with Gasteiger partial charge in [-0.2, -0.15) is 0 Å². The molecule has 0 amide bonds. The minimum absolute atomic E-state index is 0.290. The lowest BCUT2D eigenvalue weighted by Crippen LogP contribution is -2.29. The van der Waals surface area contributed by atoms with Crippen LogP contribution in [0.1, 0.15) is 22.6 Å². The van der Waals surface area contributed by atoms with Crippen LogP contribution in [-0.2, 0) is 13.0 Å². The molecule has 0 aliphatic carbocycles. The molecule has 3 rings (SSSR count). The fourth-order valence-electron chi connectivity index (χ4n) is 2.89. The van der Waals surface area contributed by atoms with Crippen molar-refractivity contribution in [2.75, 3.05) is 13.7 Å². The van der Waals surface area contributed by atoms with Crippen molar-refractivity contribution in [1.82, 2.24) is 5.32 Å². The molecule has 104 valence electrons. The standard InChI is InChI=1S/C17H18FNO/c1-20-17-7-6-12(9-16(17)18)8-14-11-19-10-13-4-2-3-5-15(13)14/h2-7,9,14,19H,8,10-11H2,1H3. The number of ether oxygens (including phenoxy) is 1. The summed E-state index contributed by atoms with van der Waals surface area (Å²) >= 11 is 0. The number of halogens is 1. The maximum absolute atomic E-state index is 13.8. The quantitative estimate of drug-likeness (QED) is 0.925. The molecule has 0 saturated heterocycles. The Bertz CT molecular complexity index is 612. The Labute approximate surface area is 118 Å². The van der Waals surface area contributed by atoms with Gasteiger partial charge >= 0.3 is 0 Å². The summed E-state index contributed by atoms with van der Waals surface area (Å²) in [5.41, 5.74) is 3.73. The molecule has 0 radical (unpaired) electrons. The van der Waals surface area contributed by atoms with Crippen molar-refractivity contribution in [2.24, 2.45) is 0 Å². The number of hydrogen-bond donors (Lipinski definition) is 1. The van der Waals surface area contributed by atoms with E-state index in [1.807, 2.05) is 6.07 Å². The third-order valence-corrected chi connectivity index (χ3v) is 3.90. The zero-order chi connectivity index (χ0) is 13.9. The molecule has 2 aromatic rings. The second-order valence-corrected chi connectivity index (χ2v) is 5.20. The van der Waals surface area contributed by atoms with Crippen molar-refractivity contribution >= 4 is 0 Å². The number of fused-ring (bicyclic) bond motifs is 1. The SMILES string of the molecule is COc1ccc(CC2CNCc3ccccc32)cc1F. The molecule has 0 aromatic heterocycles. The van der Waals surface area contributed by atoms with Gasteiger partial charge in [0.05, 0.1) is 7.11 Å². The summed E-state index contributed by atoms with van der Waals surface area (Å²) in [5.74, 6) is 0.408. The minimum atomic E-state index is -0.290. The zero-order valence-corrected chi connectivity index (χ0v) is 11.5. The van der Waals surface area contributed by atoms with E-state index in [0.717, 1.165) is 25.1 Å². The fourth-order valence-corrected chi connectivity index (χ4v) is 2.89. The van der Waals surface area contributed by atoms with Crippen LogP contribution in [0, 0.1) is 5.82 Å². The van der Waals surface area contributed by atoms with Crippen LogP contribution in [-0.4, -0.2) is 13.7 Å². The molecule has 1 unspecified atom stereocenters. The minimum Gasteiger partial charge on any atom is -0.494 e. The smallest absolute Gasteiger partial charge is 0.165 e. The first-order valence-electron chi connectivity index (χ1n) is 6.89. The van der Waals surface area contributed by atoms with Gasteiger partial charge < -0.3 is 10.1 Å². The maximum atomic E-state index is 13.8. The van der Waals surface area contributed by atoms with E-state index in [9.17, 15) is 4.39 Å². The molecular weight excluding hydrogens is 253 g/mol. The summed E-state index contributed by atoms with van der Waals surface area (Å²) in [6, 6.07) is 13.7. The third-order valence-electron chi connectivity index (χ3n) is 3.90. The van der Waals surface area contributed by atoms with Gasteiger partial charge in [0.1, 0.15) is 0 Å². The first-order chi connectivity index (χ1) is 9.78. The van der Waals surface area contributed by atoms with Gasteiger partial charge in [0, 0.05) is 19.0 Å². The Morgan fingerprint density at radius 3 is 2.90 bits per heavy atom. The number of hydrogen-bond acceptors (Lipinski definition) is 2. The van der Waals surface area contributed by atoms with Crippen LogP contribution in [0.15, 0.2) is 42.5 Å². The summed E-state index contributed by atoms with van der Waals surface area (Å²) in [5, 5.41) is 3.43. The van der Waals surface area contributed by atoms with E-state index >= 15 is 0 Å². The Morgan fingerprint density at radius 2 is 2.10 bits per heavy atom. The Morgan fingerprint density at radius 1 is 1.25 bits per heavy atom. The average Bonchev–Trinajstić information content (AvgIpc) is 2.48. The molecule has 1 aliphatic rings. The van der Waals surface area contributed by atoms with E-state index in [1.165, 1.54) is 18.2 Å². The first-order valence-corrected chi connectivity index (χ1v) is 6.89. The summed E-state index contributed by atoms with van der Waals surface area (Å²) in [6.45, 7) is 1.86. The Kier molecular flexibility index (Phi) is 3.70. The van der Waals surface area contributed by atoms with Crippen molar-refractivity contribution < 1.29 is 9.13 Å². The predicted octanol–water partition coefficient (Wildman–Crippen LogP) is 3.26. The first kappa shape index (κ1) is 13.1. The lowest BCUT2D eigenvalue weighted by molar-refractivity contribution is 0.386. The van der Waals surface area contributed by atoms with E-state index in [1.54, 1.807) is 12.1 Å². The van der Waals surface area contributed by atoms with Gasteiger partial charge in [-0.15, -0.1) is 0 Å². The summed E-state index contributed by atoms with van der Waals surface area (Å²) in [4.78, 5) is 0. The van der Waals surface area contributed by atoms with Gasteiger partial charge in [0.25, 0.3) is 0 Å². The van der Waals surface area contributed by atoms with Gasteiger partial charge in [0.15, 0.2) is 11.6 Å². The van der Waals surface area contributed by atoms with Crippen molar-refractivity contribution in [3.05, 3.63) is 65.0 Å². The highest BCUT2D eigenvalue weighted by atomic mass is 19.1. The van der Waals surface area contributed by atoms with Gasteiger partial charge in [-0.3, -0.25) is 0 Å². The molecule has 1 heterocycles. The highest BCUT2D eigenvalue weighted by Gasteiger charge is 2.20. The second kappa shape index (κ2) is 5.63. The van der Waals surface area contributed by atoms with Crippen LogP contribution in [0.2, 0.25) is 0 Å². The normalized spacial score (nSPS) is 17.6. The van der Waals surface area contributed by atoms with Gasteiger partial charge in [-0.25, -0.2) is 4.39 Å². The molecule has 0 bridgehead atoms. The molecule has 3 heteroatoms. The lowest BCUT2D eigenvalue weighted by Gasteiger charge is -2.26. The van der Waals surface area contributed by atoms with Gasteiger partial charge in [-0.1, -0.05) is 30.3 Å². The highest BCUT2D eigenvalue weighted by molar-refractivity contribution is 5.36. The van der Waals surface area contributed by atoms with E-state index < -0.39 is 0 Å². The van der Waals surface area contributed by atoms with Crippen molar-refractivity contribution in [1.29, 1.82) is 0 Å². The number of rotatable bonds is 3. The topological polar surface area (TPSA) is 21.3 Å². The third kappa shape index (κ3) is 2.54. The maximum Gasteiger partial charge on any atom is 0.165 e. The van der Waals surface area contributed by atoms with Crippen LogP contribution in [0.3, 0.4) is 0 Å². The molecule has 2 aromatic carbocycles. The molecule has 1 atom stereocenters. The summed E-state index contributed by atoms with van der Waals surface area (Å²) in [7, 11) is 1.49. The van der Waals surface area contributed by atoms with E-state index in [2.05, 4.69) is 29.6 Å². The number of methoxy groups -OCH3 is 1. The summed E-state index contributed by atoms with van der Waals surface area (Å²) < 4.78 is 18.7. The van der Waals surface area contributed by atoms with E-state index in [4.69, 9.17) is 4.74 Å². The molecular formula is C17H18FNO. The van der Waals surface area contributed by atoms with Crippen LogP contribution in [0.5, 0.6) is 5.75 Å². The largest absolute Gasteiger partial charge is 0.494 e. The van der Waals surface area contributed by atoms with Gasteiger partial charge in [-0.05, 0) is 35.2 Å². The Hall–Kier alpha value is -1.87. The van der Waals surface area contributed by atoms with E-state index in [0.29, 0.717) is 11.7 Å². The van der Waals surface area contributed by atoms with Crippen LogP contribution in [0.4, 0.5) is 4.39 Å². The van der Waals surface area contributed by atoms with Crippen LogP contribution in [0.25, 0.3) is 0 Å². The van der Waals surface area contributed by atoms with Crippen LogP contribution >= 0.6 is 0 Å². The molecule has 0 saturated carbocycles. The number of benzene rings is 2. The van der Waals surface area contributed by atoms with Gasteiger partial charge in [0.2, 0.25) is 0 Å². The van der Waals surface area contributed by atoms with Crippen molar-refractivity contribution in [2.45, 2.75) is 18.9 Å². The van der Waals surface area contributed by atoms with Crippen LogP contribution < -0.4 is 10.1 Å². The monoisotopic (exact) mass is 271 g/mol.